The van der Waals surface area contributed by atoms with Crippen molar-refractivity contribution < 1.29 is 9.90 Å². The van der Waals surface area contributed by atoms with Crippen molar-refractivity contribution >= 4 is 28.6 Å². The van der Waals surface area contributed by atoms with Crippen molar-refractivity contribution in [3.05, 3.63) is 64.6 Å². The monoisotopic (exact) mass is 396 g/mol. The van der Waals surface area contributed by atoms with Crippen LogP contribution in [-0.2, 0) is 13.1 Å². The molecule has 3 rings (SSSR count). The molecule has 0 radical (unpaired) electrons. The van der Waals surface area contributed by atoms with E-state index >= 15 is 0 Å². The molecule has 0 saturated heterocycles. The number of hydrogen-bond acceptors (Lipinski definition) is 3. The molecule has 28 heavy (non-hydrogen) atoms. The summed E-state index contributed by atoms with van der Waals surface area (Å²) in [6, 6.07) is 15.7. The fourth-order valence-electron chi connectivity index (χ4n) is 3.43. The van der Waals surface area contributed by atoms with E-state index in [1.54, 1.807) is 16.3 Å². The Morgan fingerprint density at radius 1 is 1.14 bits per heavy atom. The van der Waals surface area contributed by atoms with Gasteiger partial charge in [0, 0.05) is 28.1 Å². The van der Waals surface area contributed by atoms with Crippen LogP contribution in [0.1, 0.15) is 19.5 Å². The van der Waals surface area contributed by atoms with Crippen molar-refractivity contribution in [2.75, 3.05) is 6.26 Å². The molecule has 0 aliphatic rings. The summed E-state index contributed by atoms with van der Waals surface area (Å²) >= 11 is 1.61. The Morgan fingerprint density at radius 2 is 1.86 bits per heavy atom. The van der Waals surface area contributed by atoms with Crippen molar-refractivity contribution in [3.8, 4) is 11.1 Å². The molecule has 146 valence electrons. The minimum Gasteiger partial charge on any atom is -0.465 e. The highest BCUT2D eigenvalue weighted by molar-refractivity contribution is 7.98. The standard InChI is InChI=1S/C22H24N2O3S/c1-14(2)13-24-19(12-23-22(26)27)20(15-7-5-4-6-8-15)18-11-16(28-3)9-10-17(18)21(24)25/h4-11,14,23H,12-13H2,1-3H3,(H,26,27). The van der Waals surface area contributed by atoms with Gasteiger partial charge in [-0.1, -0.05) is 44.2 Å². The topological polar surface area (TPSA) is 71.3 Å². The molecule has 2 N–H and O–H groups in total. The first kappa shape index (κ1) is 20.0. The molecule has 0 aliphatic carbocycles. The maximum atomic E-state index is 13.3. The van der Waals surface area contributed by atoms with Gasteiger partial charge >= 0.3 is 6.09 Å². The number of amides is 1. The number of pyridine rings is 1. The van der Waals surface area contributed by atoms with E-state index in [0.717, 1.165) is 21.4 Å². The third-order valence-electron chi connectivity index (χ3n) is 4.60. The van der Waals surface area contributed by atoms with Gasteiger partial charge in [-0.3, -0.25) is 4.79 Å². The maximum absolute atomic E-state index is 13.3. The van der Waals surface area contributed by atoms with Gasteiger partial charge in [-0.25, -0.2) is 4.79 Å². The van der Waals surface area contributed by atoms with Crippen LogP contribution in [0.25, 0.3) is 21.9 Å². The fourth-order valence-corrected chi connectivity index (χ4v) is 3.87. The predicted octanol–water partition coefficient (Wildman–Crippen LogP) is 4.81. The van der Waals surface area contributed by atoms with Crippen molar-refractivity contribution in [1.29, 1.82) is 0 Å². The lowest BCUT2D eigenvalue weighted by molar-refractivity contribution is 0.193. The molecule has 0 aliphatic heterocycles. The van der Waals surface area contributed by atoms with Gasteiger partial charge in [0.1, 0.15) is 0 Å². The highest BCUT2D eigenvalue weighted by Crippen LogP contribution is 2.33. The quantitative estimate of drug-likeness (QED) is 0.586. The van der Waals surface area contributed by atoms with Crippen molar-refractivity contribution in [2.45, 2.75) is 31.8 Å². The predicted molar refractivity (Wildman–Crippen MR) is 115 cm³/mol. The Labute approximate surface area is 168 Å². The number of benzene rings is 2. The normalized spacial score (nSPS) is 11.1. The lowest BCUT2D eigenvalue weighted by atomic mass is 9.96. The van der Waals surface area contributed by atoms with E-state index in [1.807, 2.05) is 68.6 Å². The third kappa shape index (κ3) is 4.07. The van der Waals surface area contributed by atoms with Gasteiger partial charge in [-0.2, -0.15) is 0 Å². The summed E-state index contributed by atoms with van der Waals surface area (Å²) in [6.45, 7) is 4.69. The first-order chi connectivity index (χ1) is 13.4. The first-order valence-electron chi connectivity index (χ1n) is 9.18. The summed E-state index contributed by atoms with van der Waals surface area (Å²) < 4.78 is 1.73. The van der Waals surface area contributed by atoms with Crippen LogP contribution in [0, 0.1) is 5.92 Å². The number of aromatic nitrogens is 1. The minimum absolute atomic E-state index is 0.0704. The molecule has 1 heterocycles. The number of nitrogens with zero attached hydrogens (tertiary/aromatic N) is 1. The average Bonchev–Trinajstić information content (AvgIpc) is 2.68. The molecule has 6 heteroatoms. The molecule has 1 aromatic heterocycles. The summed E-state index contributed by atoms with van der Waals surface area (Å²) in [5.41, 5.74) is 2.47. The molecule has 1 amide bonds. The summed E-state index contributed by atoms with van der Waals surface area (Å²) in [7, 11) is 0. The number of thioether (sulfide) groups is 1. The van der Waals surface area contributed by atoms with Gasteiger partial charge in [-0.15, -0.1) is 11.8 Å². The molecular formula is C22H24N2O3S. The number of nitrogens with one attached hydrogen (secondary N) is 1. The Morgan fingerprint density at radius 3 is 2.46 bits per heavy atom. The Bertz CT molecular complexity index is 1060. The fraction of sp³-hybridized carbons (Fsp3) is 0.273. The zero-order chi connectivity index (χ0) is 20.3. The second kappa shape index (κ2) is 8.52. The number of carboxylic acid groups (broad SMARTS) is 1. The zero-order valence-corrected chi connectivity index (χ0v) is 17.0. The molecule has 0 fully saturated rings. The van der Waals surface area contributed by atoms with Crippen LogP contribution in [0.5, 0.6) is 0 Å². The second-order valence-electron chi connectivity index (χ2n) is 7.07. The molecule has 0 saturated carbocycles. The van der Waals surface area contributed by atoms with Gasteiger partial charge in [-0.05, 0) is 41.3 Å². The van der Waals surface area contributed by atoms with Crippen molar-refractivity contribution in [1.82, 2.24) is 9.88 Å². The lowest BCUT2D eigenvalue weighted by Gasteiger charge is -2.21. The maximum Gasteiger partial charge on any atom is 0.404 e. The van der Waals surface area contributed by atoms with Crippen LogP contribution in [0.3, 0.4) is 0 Å². The van der Waals surface area contributed by atoms with Gasteiger partial charge in [0.15, 0.2) is 0 Å². The zero-order valence-electron chi connectivity index (χ0n) is 16.2. The molecule has 0 unspecified atom stereocenters. The summed E-state index contributed by atoms with van der Waals surface area (Å²) in [5, 5.41) is 13.1. The number of fused-ring (bicyclic) bond motifs is 1. The summed E-state index contributed by atoms with van der Waals surface area (Å²) in [6.07, 6.45) is 0.886. The highest BCUT2D eigenvalue weighted by atomic mass is 32.2. The molecule has 3 aromatic rings. The molecule has 0 spiro atoms. The number of carbonyl (C=O) groups is 1. The van der Waals surface area contributed by atoms with Crippen LogP contribution >= 0.6 is 11.8 Å². The lowest BCUT2D eigenvalue weighted by Crippen LogP contribution is -2.31. The van der Waals surface area contributed by atoms with Gasteiger partial charge in [0.05, 0.1) is 6.54 Å². The van der Waals surface area contributed by atoms with E-state index in [2.05, 4.69) is 5.32 Å². The minimum atomic E-state index is -1.11. The number of hydrogen-bond donors (Lipinski definition) is 2. The molecule has 0 atom stereocenters. The molecular weight excluding hydrogens is 372 g/mol. The SMILES string of the molecule is CSc1ccc2c(=O)n(CC(C)C)c(CNC(=O)O)c(-c3ccccc3)c2c1. The summed E-state index contributed by atoms with van der Waals surface area (Å²) in [4.78, 5) is 25.6. The first-order valence-corrected chi connectivity index (χ1v) is 10.4. The van der Waals surface area contributed by atoms with Crippen LogP contribution in [0.4, 0.5) is 4.79 Å². The molecule has 0 bridgehead atoms. The van der Waals surface area contributed by atoms with E-state index in [0.29, 0.717) is 17.6 Å². The summed E-state index contributed by atoms with van der Waals surface area (Å²) in [5.74, 6) is 0.243. The van der Waals surface area contributed by atoms with E-state index in [-0.39, 0.29) is 18.0 Å². The Balaban J connectivity index is 2.43. The Hall–Kier alpha value is -2.73. The van der Waals surface area contributed by atoms with E-state index in [4.69, 9.17) is 0 Å². The average molecular weight is 397 g/mol. The van der Waals surface area contributed by atoms with E-state index < -0.39 is 6.09 Å². The van der Waals surface area contributed by atoms with Crippen LogP contribution in [0.2, 0.25) is 0 Å². The Kier molecular flexibility index (Phi) is 6.09. The van der Waals surface area contributed by atoms with Crippen molar-refractivity contribution in [3.63, 3.8) is 0 Å². The van der Waals surface area contributed by atoms with E-state index in [1.165, 1.54) is 0 Å². The van der Waals surface area contributed by atoms with Crippen LogP contribution in [-0.4, -0.2) is 22.0 Å². The molecule has 5 nitrogen and oxygen atoms in total. The van der Waals surface area contributed by atoms with E-state index in [9.17, 15) is 14.7 Å². The largest absolute Gasteiger partial charge is 0.465 e. The van der Waals surface area contributed by atoms with Gasteiger partial charge in [0.2, 0.25) is 0 Å². The van der Waals surface area contributed by atoms with Gasteiger partial charge < -0.3 is 15.0 Å². The van der Waals surface area contributed by atoms with Crippen LogP contribution in [0.15, 0.2) is 58.2 Å². The van der Waals surface area contributed by atoms with Gasteiger partial charge in [0.25, 0.3) is 5.56 Å². The smallest absolute Gasteiger partial charge is 0.404 e. The highest BCUT2D eigenvalue weighted by Gasteiger charge is 2.19. The second-order valence-corrected chi connectivity index (χ2v) is 7.95. The number of rotatable bonds is 6. The van der Waals surface area contributed by atoms with Crippen molar-refractivity contribution in [2.24, 2.45) is 5.92 Å². The van der Waals surface area contributed by atoms with Crippen LogP contribution < -0.4 is 10.9 Å². The molecule has 2 aromatic carbocycles. The third-order valence-corrected chi connectivity index (χ3v) is 5.33.